The summed E-state index contributed by atoms with van der Waals surface area (Å²) in [4.78, 5) is 23.6. The van der Waals surface area contributed by atoms with Crippen molar-refractivity contribution in [2.45, 2.75) is 6.54 Å². The standard InChI is InChI=1S/C21H18N2O4/c24-20(22-26)12-11-17-7-5-13-23(21(17)25)15-16-6-4-10-19(14-16)27-18-8-2-1-3-9-18/h1-14,26H,15H2,(H,22,24)/b12-11+. The van der Waals surface area contributed by atoms with Crippen LogP contribution in [0.4, 0.5) is 0 Å². The van der Waals surface area contributed by atoms with Crippen LogP contribution in [0, 0.1) is 0 Å². The van der Waals surface area contributed by atoms with E-state index in [9.17, 15) is 9.59 Å². The number of ether oxygens (including phenoxy) is 1. The molecule has 0 aliphatic heterocycles. The SMILES string of the molecule is O=C(/C=C/c1cccn(Cc2cccc(Oc3ccccc3)c2)c1=O)NO. The quantitative estimate of drug-likeness (QED) is 0.401. The van der Waals surface area contributed by atoms with Crippen molar-refractivity contribution in [2.24, 2.45) is 0 Å². The van der Waals surface area contributed by atoms with Crippen molar-refractivity contribution >= 4 is 12.0 Å². The minimum atomic E-state index is -0.699. The summed E-state index contributed by atoms with van der Waals surface area (Å²) in [7, 11) is 0. The third kappa shape index (κ3) is 4.93. The number of rotatable bonds is 6. The first-order valence-electron chi connectivity index (χ1n) is 8.29. The van der Waals surface area contributed by atoms with Crippen molar-refractivity contribution in [2.75, 3.05) is 0 Å². The van der Waals surface area contributed by atoms with E-state index < -0.39 is 5.91 Å². The molecule has 0 saturated carbocycles. The lowest BCUT2D eigenvalue weighted by Gasteiger charge is -2.10. The predicted molar refractivity (Wildman–Crippen MR) is 102 cm³/mol. The average Bonchev–Trinajstić information content (AvgIpc) is 2.69. The highest BCUT2D eigenvalue weighted by atomic mass is 16.5. The molecule has 0 radical (unpaired) electrons. The first-order valence-corrected chi connectivity index (χ1v) is 8.29. The van der Waals surface area contributed by atoms with E-state index in [2.05, 4.69) is 0 Å². The summed E-state index contributed by atoms with van der Waals surface area (Å²) in [6.07, 6.45) is 4.13. The molecular formula is C21H18N2O4. The van der Waals surface area contributed by atoms with Crippen LogP contribution in [0.2, 0.25) is 0 Å². The molecule has 136 valence electrons. The molecule has 0 atom stereocenters. The van der Waals surface area contributed by atoms with E-state index in [-0.39, 0.29) is 5.56 Å². The van der Waals surface area contributed by atoms with E-state index in [0.717, 1.165) is 17.4 Å². The number of para-hydroxylation sites is 1. The van der Waals surface area contributed by atoms with E-state index in [1.165, 1.54) is 16.1 Å². The highest BCUT2D eigenvalue weighted by Crippen LogP contribution is 2.22. The Kier molecular flexibility index (Phi) is 5.81. The zero-order chi connectivity index (χ0) is 19.1. The fourth-order valence-electron chi connectivity index (χ4n) is 2.54. The molecule has 3 rings (SSSR count). The van der Waals surface area contributed by atoms with Crippen LogP contribution in [0.1, 0.15) is 11.1 Å². The minimum absolute atomic E-state index is 0.242. The van der Waals surface area contributed by atoms with Gasteiger partial charge in [0.2, 0.25) is 0 Å². The number of carbonyl (C=O) groups is 1. The second-order valence-corrected chi connectivity index (χ2v) is 5.77. The second kappa shape index (κ2) is 8.64. The number of nitrogens with one attached hydrogen (secondary N) is 1. The van der Waals surface area contributed by atoms with Crippen molar-refractivity contribution in [3.63, 3.8) is 0 Å². The Bertz CT molecular complexity index is 1010. The van der Waals surface area contributed by atoms with Gasteiger partial charge < -0.3 is 9.30 Å². The largest absolute Gasteiger partial charge is 0.457 e. The molecule has 3 aromatic rings. The van der Waals surface area contributed by atoms with Crippen LogP contribution in [-0.2, 0) is 11.3 Å². The van der Waals surface area contributed by atoms with Crippen LogP contribution in [0.15, 0.2) is 83.8 Å². The first kappa shape index (κ1) is 18.2. The van der Waals surface area contributed by atoms with Crippen LogP contribution >= 0.6 is 0 Å². The van der Waals surface area contributed by atoms with Crippen molar-refractivity contribution in [3.8, 4) is 11.5 Å². The monoisotopic (exact) mass is 362 g/mol. The van der Waals surface area contributed by atoms with Crippen LogP contribution in [0.3, 0.4) is 0 Å². The smallest absolute Gasteiger partial charge is 0.267 e. The van der Waals surface area contributed by atoms with Gasteiger partial charge in [0.1, 0.15) is 11.5 Å². The van der Waals surface area contributed by atoms with E-state index in [0.29, 0.717) is 17.9 Å². The van der Waals surface area contributed by atoms with Gasteiger partial charge in [-0.05, 0) is 48.0 Å². The van der Waals surface area contributed by atoms with Gasteiger partial charge in [-0.15, -0.1) is 0 Å². The molecule has 0 aliphatic carbocycles. The van der Waals surface area contributed by atoms with Gasteiger partial charge in [0.15, 0.2) is 0 Å². The van der Waals surface area contributed by atoms with E-state index in [4.69, 9.17) is 9.94 Å². The van der Waals surface area contributed by atoms with Crippen molar-refractivity contribution in [1.29, 1.82) is 0 Å². The maximum atomic E-state index is 12.5. The van der Waals surface area contributed by atoms with Gasteiger partial charge in [-0.25, -0.2) is 5.48 Å². The lowest BCUT2D eigenvalue weighted by molar-refractivity contribution is -0.124. The first-order chi connectivity index (χ1) is 13.2. The van der Waals surface area contributed by atoms with Crippen LogP contribution in [0.25, 0.3) is 6.08 Å². The van der Waals surface area contributed by atoms with Crippen LogP contribution in [-0.4, -0.2) is 15.7 Å². The van der Waals surface area contributed by atoms with Gasteiger partial charge in [-0.2, -0.15) is 0 Å². The molecule has 0 aliphatic rings. The molecule has 0 bridgehead atoms. The van der Waals surface area contributed by atoms with E-state index in [1.807, 2.05) is 54.6 Å². The summed E-state index contributed by atoms with van der Waals surface area (Å²) in [6.45, 7) is 0.360. The molecule has 1 heterocycles. The topological polar surface area (TPSA) is 80.6 Å². The normalized spacial score (nSPS) is 10.7. The fourth-order valence-corrected chi connectivity index (χ4v) is 2.54. The summed E-state index contributed by atoms with van der Waals surface area (Å²) < 4.78 is 7.36. The van der Waals surface area contributed by atoms with Gasteiger partial charge in [0, 0.05) is 17.8 Å². The van der Waals surface area contributed by atoms with Crippen molar-refractivity contribution < 1.29 is 14.7 Å². The Balaban J connectivity index is 1.79. The molecule has 0 saturated heterocycles. The Hall–Kier alpha value is -3.64. The van der Waals surface area contributed by atoms with E-state index >= 15 is 0 Å². The molecule has 0 spiro atoms. The lowest BCUT2D eigenvalue weighted by Crippen LogP contribution is -2.22. The average molecular weight is 362 g/mol. The summed E-state index contributed by atoms with van der Waals surface area (Å²) >= 11 is 0. The minimum Gasteiger partial charge on any atom is -0.457 e. The number of hydrogen-bond donors (Lipinski definition) is 2. The third-order valence-corrected chi connectivity index (χ3v) is 3.80. The molecule has 2 N–H and O–H groups in total. The summed E-state index contributed by atoms with van der Waals surface area (Å²) in [6, 6.07) is 20.3. The molecule has 1 amide bonds. The molecule has 27 heavy (non-hydrogen) atoms. The number of pyridine rings is 1. The van der Waals surface area contributed by atoms with Crippen LogP contribution < -0.4 is 15.8 Å². The zero-order valence-electron chi connectivity index (χ0n) is 14.4. The number of aromatic nitrogens is 1. The highest BCUT2D eigenvalue weighted by Gasteiger charge is 2.04. The van der Waals surface area contributed by atoms with Crippen LogP contribution in [0.5, 0.6) is 11.5 Å². The molecule has 0 unspecified atom stereocenters. The second-order valence-electron chi connectivity index (χ2n) is 5.77. The maximum Gasteiger partial charge on any atom is 0.267 e. The van der Waals surface area contributed by atoms with Gasteiger partial charge in [0.25, 0.3) is 11.5 Å². The van der Waals surface area contributed by atoms with Gasteiger partial charge in [-0.3, -0.25) is 14.8 Å². The van der Waals surface area contributed by atoms with Gasteiger partial charge >= 0.3 is 0 Å². The number of nitrogens with zero attached hydrogens (tertiary/aromatic N) is 1. The Labute approximate surface area is 155 Å². The van der Waals surface area contributed by atoms with Crippen molar-refractivity contribution in [1.82, 2.24) is 10.0 Å². The Morgan fingerprint density at radius 1 is 1.04 bits per heavy atom. The molecule has 0 fully saturated rings. The molecule has 6 nitrogen and oxygen atoms in total. The summed E-state index contributed by atoms with van der Waals surface area (Å²) in [5.74, 6) is 0.721. The highest BCUT2D eigenvalue weighted by molar-refractivity contribution is 5.90. The third-order valence-electron chi connectivity index (χ3n) is 3.80. The van der Waals surface area contributed by atoms with Crippen molar-refractivity contribution in [3.05, 3.63) is 100 Å². The molecule has 1 aromatic heterocycles. The Morgan fingerprint density at radius 2 is 1.81 bits per heavy atom. The summed E-state index contributed by atoms with van der Waals surface area (Å²) in [5, 5.41) is 8.52. The summed E-state index contributed by atoms with van der Waals surface area (Å²) in [5.41, 5.74) is 2.49. The lowest BCUT2D eigenvalue weighted by atomic mass is 10.2. The molecule has 6 heteroatoms. The predicted octanol–water partition coefficient (Wildman–Crippen LogP) is 3.21. The number of carbonyl (C=O) groups excluding carboxylic acids is 1. The fraction of sp³-hybridized carbons (Fsp3) is 0.0476. The number of hydroxylamine groups is 1. The number of amides is 1. The number of benzene rings is 2. The molecular weight excluding hydrogens is 344 g/mol. The molecule has 2 aromatic carbocycles. The zero-order valence-corrected chi connectivity index (χ0v) is 14.4. The van der Waals surface area contributed by atoms with Gasteiger partial charge in [-0.1, -0.05) is 30.3 Å². The van der Waals surface area contributed by atoms with Gasteiger partial charge in [0.05, 0.1) is 6.54 Å². The number of hydrogen-bond acceptors (Lipinski definition) is 4. The van der Waals surface area contributed by atoms with E-state index in [1.54, 1.807) is 18.3 Å². The Morgan fingerprint density at radius 3 is 2.59 bits per heavy atom. The maximum absolute atomic E-state index is 12.5.